The molecule has 3 nitrogen and oxygen atoms in total. The van der Waals surface area contributed by atoms with Gasteiger partial charge in [0.25, 0.3) is 0 Å². The molecule has 1 rings (SSSR count). The standard InChI is InChI=1S/C14H18N2O/c1-4-11(9-10-15)14(17)12-5-7-13(8-6-12)16(2)3/h5-8,11H,4,9H2,1-3H3. The fraction of sp³-hybridized carbons (Fsp3) is 0.429. The van der Waals surface area contributed by atoms with Crippen LogP contribution in [0.25, 0.3) is 0 Å². The number of ketones is 1. The number of hydrogen-bond acceptors (Lipinski definition) is 3. The van der Waals surface area contributed by atoms with E-state index in [4.69, 9.17) is 5.26 Å². The first-order chi connectivity index (χ1) is 8.10. The number of rotatable bonds is 5. The van der Waals surface area contributed by atoms with Crippen molar-refractivity contribution >= 4 is 11.5 Å². The van der Waals surface area contributed by atoms with Crippen molar-refractivity contribution < 1.29 is 4.79 Å². The summed E-state index contributed by atoms with van der Waals surface area (Å²) in [4.78, 5) is 14.1. The molecule has 0 aliphatic rings. The molecule has 1 unspecified atom stereocenters. The third-order valence-corrected chi connectivity index (χ3v) is 2.87. The maximum atomic E-state index is 12.1. The zero-order valence-electron chi connectivity index (χ0n) is 10.6. The molecule has 90 valence electrons. The summed E-state index contributed by atoms with van der Waals surface area (Å²) in [5.74, 6) is -0.107. The normalized spacial score (nSPS) is 11.6. The van der Waals surface area contributed by atoms with E-state index in [1.807, 2.05) is 50.2 Å². The van der Waals surface area contributed by atoms with Crippen LogP contribution in [0.3, 0.4) is 0 Å². The van der Waals surface area contributed by atoms with Crippen molar-refractivity contribution in [1.82, 2.24) is 0 Å². The third-order valence-electron chi connectivity index (χ3n) is 2.87. The van der Waals surface area contributed by atoms with Crippen molar-refractivity contribution in [2.24, 2.45) is 5.92 Å². The first-order valence-electron chi connectivity index (χ1n) is 5.78. The van der Waals surface area contributed by atoms with Gasteiger partial charge in [-0.25, -0.2) is 0 Å². The van der Waals surface area contributed by atoms with E-state index < -0.39 is 0 Å². The van der Waals surface area contributed by atoms with Crippen molar-refractivity contribution in [2.75, 3.05) is 19.0 Å². The van der Waals surface area contributed by atoms with Gasteiger partial charge in [-0.15, -0.1) is 0 Å². The number of nitriles is 1. The summed E-state index contributed by atoms with van der Waals surface area (Å²) in [5, 5.41) is 8.67. The van der Waals surface area contributed by atoms with Crippen LogP contribution in [-0.4, -0.2) is 19.9 Å². The number of anilines is 1. The topological polar surface area (TPSA) is 44.1 Å². The number of benzene rings is 1. The Hall–Kier alpha value is -1.82. The van der Waals surface area contributed by atoms with Crippen LogP contribution >= 0.6 is 0 Å². The number of Topliss-reactive ketones (excluding diaryl/α,β-unsaturated/α-hetero) is 1. The van der Waals surface area contributed by atoms with Gasteiger partial charge >= 0.3 is 0 Å². The van der Waals surface area contributed by atoms with E-state index in [-0.39, 0.29) is 11.7 Å². The summed E-state index contributed by atoms with van der Waals surface area (Å²) in [7, 11) is 3.92. The largest absolute Gasteiger partial charge is 0.378 e. The Kier molecular flexibility index (Phi) is 4.71. The van der Waals surface area contributed by atoms with E-state index in [0.29, 0.717) is 18.4 Å². The van der Waals surface area contributed by atoms with Gasteiger partial charge < -0.3 is 4.90 Å². The highest BCUT2D eigenvalue weighted by molar-refractivity contribution is 5.98. The predicted octanol–water partition coefficient (Wildman–Crippen LogP) is 2.88. The molecule has 0 radical (unpaired) electrons. The highest BCUT2D eigenvalue weighted by Gasteiger charge is 2.17. The zero-order valence-corrected chi connectivity index (χ0v) is 10.6. The zero-order chi connectivity index (χ0) is 12.8. The molecule has 1 aromatic rings. The molecule has 0 aliphatic carbocycles. The average molecular weight is 230 g/mol. The minimum atomic E-state index is -0.176. The predicted molar refractivity (Wildman–Crippen MR) is 69.1 cm³/mol. The lowest BCUT2D eigenvalue weighted by Gasteiger charge is -2.14. The number of carbonyl (C=O) groups is 1. The Morgan fingerprint density at radius 1 is 1.35 bits per heavy atom. The van der Waals surface area contributed by atoms with Crippen molar-refractivity contribution in [2.45, 2.75) is 19.8 Å². The summed E-state index contributed by atoms with van der Waals surface area (Å²) < 4.78 is 0. The third kappa shape index (κ3) is 3.32. The molecular weight excluding hydrogens is 212 g/mol. The lowest BCUT2D eigenvalue weighted by molar-refractivity contribution is 0.0918. The van der Waals surface area contributed by atoms with Crippen LogP contribution in [0.1, 0.15) is 30.1 Å². The van der Waals surface area contributed by atoms with Crippen LogP contribution in [-0.2, 0) is 0 Å². The molecule has 17 heavy (non-hydrogen) atoms. The van der Waals surface area contributed by atoms with E-state index in [0.717, 1.165) is 5.69 Å². The van der Waals surface area contributed by atoms with Gasteiger partial charge in [-0.05, 0) is 30.7 Å². The van der Waals surface area contributed by atoms with Crippen LogP contribution in [0, 0.1) is 17.2 Å². The first kappa shape index (κ1) is 13.2. The summed E-state index contributed by atoms with van der Waals surface area (Å²) >= 11 is 0. The van der Waals surface area contributed by atoms with E-state index in [1.165, 1.54) is 0 Å². The second-order valence-corrected chi connectivity index (χ2v) is 4.27. The van der Waals surface area contributed by atoms with E-state index in [9.17, 15) is 4.79 Å². The van der Waals surface area contributed by atoms with E-state index >= 15 is 0 Å². The second-order valence-electron chi connectivity index (χ2n) is 4.27. The fourth-order valence-electron chi connectivity index (χ4n) is 1.69. The SMILES string of the molecule is CCC(CC#N)C(=O)c1ccc(N(C)C)cc1. The Morgan fingerprint density at radius 3 is 2.35 bits per heavy atom. The maximum Gasteiger partial charge on any atom is 0.166 e. The fourth-order valence-corrected chi connectivity index (χ4v) is 1.69. The lowest BCUT2D eigenvalue weighted by Crippen LogP contribution is -2.14. The molecule has 0 saturated carbocycles. The van der Waals surface area contributed by atoms with Gasteiger partial charge in [-0.2, -0.15) is 5.26 Å². The molecule has 0 spiro atoms. The van der Waals surface area contributed by atoms with Crippen molar-refractivity contribution in [3.8, 4) is 6.07 Å². The molecule has 1 atom stereocenters. The molecule has 0 heterocycles. The van der Waals surface area contributed by atoms with E-state index in [2.05, 4.69) is 6.07 Å². The smallest absolute Gasteiger partial charge is 0.166 e. The summed E-state index contributed by atoms with van der Waals surface area (Å²) in [6, 6.07) is 9.58. The Labute approximate surface area is 103 Å². The highest BCUT2D eigenvalue weighted by Crippen LogP contribution is 2.18. The van der Waals surface area contributed by atoms with Crippen LogP contribution in [0.5, 0.6) is 0 Å². The molecular formula is C14H18N2O. The Bertz CT molecular complexity index is 415. The van der Waals surface area contributed by atoms with Gasteiger partial charge in [0.1, 0.15) is 0 Å². The van der Waals surface area contributed by atoms with Gasteiger partial charge in [0, 0.05) is 37.7 Å². The number of hydrogen-bond donors (Lipinski definition) is 0. The molecule has 0 saturated heterocycles. The van der Waals surface area contributed by atoms with Crippen molar-refractivity contribution in [3.05, 3.63) is 29.8 Å². The Morgan fingerprint density at radius 2 is 1.94 bits per heavy atom. The average Bonchev–Trinajstić information content (AvgIpc) is 2.35. The second kappa shape index (κ2) is 6.05. The number of nitrogens with zero attached hydrogens (tertiary/aromatic N) is 2. The summed E-state index contributed by atoms with van der Waals surface area (Å²) in [5.41, 5.74) is 1.76. The molecule has 0 amide bonds. The molecule has 0 N–H and O–H groups in total. The van der Waals surface area contributed by atoms with E-state index in [1.54, 1.807) is 0 Å². The van der Waals surface area contributed by atoms with Gasteiger partial charge in [0.05, 0.1) is 6.07 Å². The molecule has 0 bridgehead atoms. The molecule has 3 heteroatoms. The minimum Gasteiger partial charge on any atom is -0.378 e. The van der Waals surface area contributed by atoms with Crippen molar-refractivity contribution in [3.63, 3.8) is 0 Å². The minimum absolute atomic E-state index is 0.0688. The quantitative estimate of drug-likeness (QED) is 0.730. The van der Waals surface area contributed by atoms with Crippen molar-refractivity contribution in [1.29, 1.82) is 5.26 Å². The van der Waals surface area contributed by atoms with Gasteiger partial charge in [-0.1, -0.05) is 6.92 Å². The van der Waals surface area contributed by atoms with Crippen LogP contribution in [0.2, 0.25) is 0 Å². The molecule has 0 aromatic heterocycles. The first-order valence-corrected chi connectivity index (χ1v) is 5.78. The molecule has 0 aliphatic heterocycles. The van der Waals surface area contributed by atoms with Gasteiger partial charge in [0.2, 0.25) is 0 Å². The molecule has 0 fully saturated rings. The van der Waals surface area contributed by atoms with Crippen LogP contribution < -0.4 is 4.90 Å². The van der Waals surface area contributed by atoms with Gasteiger partial charge in [0.15, 0.2) is 5.78 Å². The maximum absolute atomic E-state index is 12.1. The lowest BCUT2D eigenvalue weighted by atomic mass is 9.93. The van der Waals surface area contributed by atoms with Crippen LogP contribution in [0.4, 0.5) is 5.69 Å². The highest BCUT2D eigenvalue weighted by atomic mass is 16.1. The van der Waals surface area contributed by atoms with Gasteiger partial charge in [-0.3, -0.25) is 4.79 Å². The number of carbonyl (C=O) groups excluding carboxylic acids is 1. The molecule has 1 aromatic carbocycles. The monoisotopic (exact) mass is 230 g/mol. The Balaban J connectivity index is 2.86. The summed E-state index contributed by atoms with van der Waals surface area (Å²) in [6.45, 7) is 1.94. The van der Waals surface area contributed by atoms with Crippen LogP contribution in [0.15, 0.2) is 24.3 Å². The summed E-state index contributed by atoms with van der Waals surface area (Å²) in [6.07, 6.45) is 1.01.